The maximum absolute atomic E-state index is 15.1. The van der Waals surface area contributed by atoms with Crippen molar-refractivity contribution in [2.45, 2.75) is 19.9 Å². The summed E-state index contributed by atoms with van der Waals surface area (Å²) in [5.41, 5.74) is 7.29. The number of piperazine rings is 1. The number of likely N-dealkylation sites (N-methyl/N-ethyl adjacent to an activating group) is 1. The van der Waals surface area contributed by atoms with Crippen LogP contribution in [0, 0.1) is 5.82 Å². The molecule has 3 N–H and O–H groups in total. The van der Waals surface area contributed by atoms with Gasteiger partial charge in [-0.1, -0.05) is 40.6 Å². The molecule has 11 heteroatoms. The number of oxime groups is 1. The first-order valence-corrected chi connectivity index (χ1v) is 11.9. The minimum Gasteiger partial charge on any atom is -0.409 e. The molecule has 1 aliphatic rings. The third-order valence-electron chi connectivity index (χ3n) is 6.40. The second kappa shape index (κ2) is 11.2. The van der Waals surface area contributed by atoms with Crippen LogP contribution in [0.15, 0.2) is 58.2 Å². The van der Waals surface area contributed by atoms with Crippen molar-refractivity contribution in [3.8, 4) is 11.4 Å². The molecule has 0 bridgehead atoms. The number of carbonyl (C=O) groups is 1. The lowest BCUT2D eigenvalue weighted by Crippen LogP contribution is -2.51. The van der Waals surface area contributed by atoms with Crippen LogP contribution in [0.25, 0.3) is 11.4 Å². The highest BCUT2D eigenvalue weighted by molar-refractivity contribution is 5.92. The van der Waals surface area contributed by atoms with E-state index in [4.69, 9.17) is 15.5 Å². The number of aromatic nitrogens is 2. The molecular formula is C25H30FN7O3. The molecule has 0 saturated carbocycles. The van der Waals surface area contributed by atoms with Gasteiger partial charge in [-0.25, -0.2) is 4.39 Å². The molecule has 190 valence electrons. The van der Waals surface area contributed by atoms with E-state index in [0.717, 1.165) is 5.56 Å². The molecule has 2 heterocycles. The van der Waals surface area contributed by atoms with Crippen LogP contribution in [0.2, 0.25) is 0 Å². The van der Waals surface area contributed by atoms with E-state index >= 15 is 4.39 Å². The molecule has 1 amide bonds. The van der Waals surface area contributed by atoms with Gasteiger partial charge < -0.3 is 25.3 Å². The number of carbonyl (C=O) groups excluding carboxylic acids is 1. The monoisotopic (exact) mass is 495 g/mol. The number of nitrogens with two attached hydrogens (primary N) is 1. The van der Waals surface area contributed by atoms with Gasteiger partial charge in [0, 0.05) is 44.8 Å². The van der Waals surface area contributed by atoms with E-state index in [1.54, 1.807) is 12.1 Å². The zero-order chi connectivity index (χ0) is 25.7. The fourth-order valence-corrected chi connectivity index (χ4v) is 4.46. The highest BCUT2D eigenvalue weighted by Crippen LogP contribution is 2.29. The quantitative estimate of drug-likeness (QED) is 0.212. The predicted octanol–water partition coefficient (Wildman–Crippen LogP) is 2.70. The van der Waals surface area contributed by atoms with Crippen molar-refractivity contribution in [3.63, 3.8) is 0 Å². The van der Waals surface area contributed by atoms with Crippen LogP contribution in [0.4, 0.5) is 10.1 Å². The topological polar surface area (TPSA) is 124 Å². The van der Waals surface area contributed by atoms with Crippen LogP contribution in [0.3, 0.4) is 0 Å². The lowest BCUT2D eigenvalue weighted by Gasteiger charge is -2.41. The molecule has 10 nitrogen and oxygen atoms in total. The first-order valence-electron chi connectivity index (χ1n) is 11.9. The van der Waals surface area contributed by atoms with Gasteiger partial charge in [0.2, 0.25) is 17.6 Å². The van der Waals surface area contributed by atoms with Gasteiger partial charge in [0.15, 0.2) is 0 Å². The van der Waals surface area contributed by atoms with Gasteiger partial charge in [0.05, 0.1) is 5.69 Å². The first-order chi connectivity index (χ1) is 17.5. The second-order valence-corrected chi connectivity index (χ2v) is 8.42. The van der Waals surface area contributed by atoms with Crippen LogP contribution in [0.1, 0.15) is 31.3 Å². The maximum atomic E-state index is 15.1. The Morgan fingerprint density at radius 3 is 2.47 bits per heavy atom. The molecule has 0 aliphatic carbocycles. The van der Waals surface area contributed by atoms with Crippen LogP contribution in [0.5, 0.6) is 0 Å². The maximum Gasteiger partial charge on any atom is 0.296 e. The standard InChI is InChI=1S/C25H30FN7O3/c1-3-31(4-2)25(34)21(17-8-6-5-7-9-17)33-14-12-32(13-15-33)20-11-10-18(16-19(20)26)23-28-24(36-30-23)22(27)29-35/h5-11,16,21,35H,3-4,12-15H2,1-2H3,(H2,27,29). The molecule has 1 atom stereocenters. The Morgan fingerprint density at radius 2 is 1.86 bits per heavy atom. The molecule has 4 rings (SSSR count). The molecule has 1 saturated heterocycles. The molecular weight excluding hydrogens is 465 g/mol. The number of rotatable bonds is 8. The SMILES string of the molecule is CCN(CC)C(=O)C(c1ccccc1)N1CCN(c2ccc(-c3noc(C(N)=NO)n3)cc2F)CC1. The van der Waals surface area contributed by atoms with Gasteiger partial charge in [-0.15, -0.1) is 0 Å². The van der Waals surface area contributed by atoms with Crippen LogP contribution in [-0.2, 0) is 4.79 Å². The van der Waals surface area contributed by atoms with Crippen molar-refractivity contribution in [2.24, 2.45) is 10.9 Å². The Balaban J connectivity index is 1.49. The summed E-state index contributed by atoms with van der Waals surface area (Å²) >= 11 is 0. The van der Waals surface area contributed by atoms with E-state index in [1.165, 1.54) is 6.07 Å². The van der Waals surface area contributed by atoms with Crippen LogP contribution in [-0.4, -0.2) is 76.2 Å². The van der Waals surface area contributed by atoms with Crippen molar-refractivity contribution in [2.75, 3.05) is 44.2 Å². The zero-order valence-corrected chi connectivity index (χ0v) is 20.3. The minimum absolute atomic E-state index is 0.0848. The van der Waals surface area contributed by atoms with Crippen molar-refractivity contribution in [3.05, 3.63) is 65.8 Å². The number of amidine groups is 1. The minimum atomic E-state index is -0.421. The van der Waals surface area contributed by atoms with E-state index in [0.29, 0.717) is 50.5 Å². The summed E-state index contributed by atoms with van der Waals surface area (Å²) in [6, 6.07) is 14.1. The lowest BCUT2D eigenvalue weighted by atomic mass is 10.0. The average molecular weight is 496 g/mol. The Hall–Kier alpha value is -3.99. The van der Waals surface area contributed by atoms with E-state index in [-0.39, 0.29) is 29.5 Å². The second-order valence-electron chi connectivity index (χ2n) is 8.42. The highest BCUT2D eigenvalue weighted by atomic mass is 19.1. The van der Waals surface area contributed by atoms with Crippen LogP contribution < -0.4 is 10.6 Å². The Bertz CT molecular complexity index is 1210. The number of amides is 1. The Morgan fingerprint density at radius 1 is 1.17 bits per heavy atom. The van der Waals surface area contributed by atoms with E-state index < -0.39 is 5.82 Å². The zero-order valence-electron chi connectivity index (χ0n) is 20.3. The molecule has 0 spiro atoms. The molecule has 1 unspecified atom stereocenters. The van der Waals surface area contributed by atoms with Gasteiger partial charge in [-0.05, 0) is 37.6 Å². The summed E-state index contributed by atoms with van der Waals surface area (Å²) < 4.78 is 20.0. The molecule has 2 aromatic carbocycles. The van der Waals surface area contributed by atoms with Gasteiger partial charge in [0.25, 0.3) is 5.89 Å². The van der Waals surface area contributed by atoms with Crippen molar-refractivity contribution in [1.29, 1.82) is 0 Å². The number of hydrogen-bond acceptors (Lipinski definition) is 8. The van der Waals surface area contributed by atoms with Crippen molar-refractivity contribution >= 4 is 17.4 Å². The van der Waals surface area contributed by atoms with Gasteiger partial charge >= 0.3 is 0 Å². The summed E-state index contributed by atoms with van der Waals surface area (Å²) in [6.07, 6.45) is 0. The Kier molecular flexibility index (Phi) is 7.79. The number of hydrogen-bond donors (Lipinski definition) is 2. The molecule has 1 fully saturated rings. The van der Waals surface area contributed by atoms with Crippen molar-refractivity contribution < 1.29 is 18.9 Å². The third kappa shape index (κ3) is 5.15. The van der Waals surface area contributed by atoms with E-state index in [1.807, 2.05) is 54.0 Å². The number of halogens is 1. The molecule has 1 aliphatic heterocycles. The normalized spacial score (nSPS) is 15.6. The third-order valence-corrected chi connectivity index (χ3v) is 6.40. The van der Waals surface area contributed by atoms with Gasteiger partial charge in [-0.3, -0.25) is 9.69 Å². The summed E-state index contributed by atoms with van der Waals surface area (Å²) in [5, 5.41) is 15.3. The van der Waals surface area contributed by atoms with Crippen LogP contribution >= 0.6 is 0 Å². The van der Waals surface area contributed by atoms with Gasteiger partial charge in [-0.2, -0.15) is 4.98 Å². The largest absolute Gasteiger partial charge is 0.409 e. The molecule has 1 aromatic heterocycles. The molecule has 0 radical (unpaired) electrons. The summed E-state index contributed by atoms with van der Waals surface area (Å²) in [6.45, 7) is 7.64. The van der Waals surface area contributed by atoms with E-state index in [2.05, 4.69) is 20.2 Å². The highest BCUT2D eigenvalue weighted by Gasteiger charge is 2.33. The Labute approximate surface area is 208 Å². The summed E-state index contributed by atoms with van der Waals surface area (Å²) in [7, 11) is 0. The van der Waals surface area contributed by atoms with Gasteiger partial charge in [0.1, 0.15) is 11.9 Å². The lowest BCUT2D eigenvalue weighted by molar-refractivity contribution is -0.137. The summed E-state index contributed by atoms with van der Waals surface area (Å²) in [5.74, 6) is -0.679. The number of benzene rings is 2. The summed E-state index contributed by atoms with van der Waals surface area (Å²) in [4.78, 5) is 23.4. The van der Waals surface area contributed by atoms with Crippen molar-refractivity contribution in [1.82, 2.24) is 19.9 Å². The van der Waals surface area contributed by atoms with E-state index in [9.17, 15) is 4.79 Å². The number of anilines is 1. The fourth-order valence-electron chi connectivity index (χ4n) is 4.46. The average Bonchev–Trinajstić information content (AvgIpc) is 3.41. The predicted molar refractivity (Wildman–Crippen MR) is 133 cm³/mol. The fraction of sp³-hybridized carbons (Fsp3) is 0.360. The number of nitrogens with zero attached hydrogens (tertiary/aromatic N) is 6. The smallest absolute Gasteiger partial charge is 0.296 e. The first kappa shape index (κ1) is 25.1. The molecule has 3 aromatic rings. The molecule has 36 heavy (non-hydrogen) atoms.